The van der Waals surface area contributed by atoms with Crippen molar-refractivity contribution in [2.75, 3.05) is 38.3 Å². The number of benzene rings is 1. The number of piperidine rings is 1. The maximum atomic E-state index is 6.44. The molecule has 152 valence electrons. The summed E-state index contributed by atoms with van der Waals surface area (Å²) in [5.74, 6) is 2.29. The average Bonchev–Trinajstić information content (AvgIpc) is 3.44. The number of ether oxygens (including phenoxy) is 3. The van der Waals surface area contributed by atoms with E-state index in [9.17, 15) is 0 Å². The molecular formula is C22H26N4O3. The van der Waals surface area contributed by atoms with E-state index in [4.69, 9.17) is 14.2 Å². The summed E-state index contributed by atoms with van der Waals surface area (Å²) in [5, 5.41) is 1.18. The molecular weight excluding hydrogens is 368 g/mol. The maximum absolute atomic E-state index is 6.44. The van der Waals surface area contributed by atoms with Crippen LogP contribution in [0.15, 0.2) is 42.7 Å². The number of fused-ring (bicyclic) bond motifs is 1. The fourth-order valence-electron chi connectivity index (χ4n) is 4.27. The summed E-state index contributed by atoms with van der Waals surface area (Å²) in [6.07, 6.45) is 7.05. The van der Waals surface area contributed by atoms with Crippen LogP contribution in [-0.2, 0) is 4.74 Å². The van der Waals surface area contributed by atoms with Gasteiger partial charge in [-0.15, -0.1) is 0 Å². The molecule has 7 heteroatoms. The fraction of sp³-hybridized carbons (Fsp3) is 0.455. The van der Waals surface area contributed by atoms with Crippen molar-refractivity contribution in [2.45, 2.75) is 31.4 Å². The Kier molecular flexibility index (Phi) is 4.97. The molecule has 0 N–H and O–H groups in total. The zero-order valence-corrected chi connectivity index (χ0v) is 16.7. The predicted octanol–water partition coefficient (Wildman–Crippen LogP) is 3.45. The Hall–Kier alpha value is -2.80. The monoisotopic (exact) mass is 394 g/mol. The highest BCUT2D eigenvalue weighted by Gasteiger charge is 2.24. The largest absolute Gasteiger partial charge is 0.490 e. The van der Waals surface area contributed by atoms with E-state index in [1.807, 2.05) is 0 Å². The van der Waals surface area contributed by atoms with Gasteiger partial charge in [0.05, 0.1) is 25.3 Å². The van der Waals surface area contributed by atoms with Gasteiger partial charge in [0.15, 0.2) is 0 Å². The number of anilines is 1. The predicted molar refractivity (Wildman–Crippen MR) is 111 cm³/mol. The summed E-state index contributed by atoms with van der Waals surface area (Å²) in [6, 6.07) is 10.7. The molecule has 2 aromatic heterocycles. The van der Waals surface area contributed by atoms with Crippen molar-refractivity contribution in [2.24, 2.45) is 0 Å². The molecule has 0 saturated carbocycles. The van der Waals surface area contributed by atoms with Gasteiger partial charge in [-0.25, -0.2) is 4.98 Å². The second-order valence-electron chi connectivity index (χ2n) is 7.63. The summed E-state index contributed by atoms with van der Waals surface area (Å²) in [7, 11) is 1.62. The third-order valence-corrected chi connectivity index (χ3v) is 5.87. The molecule has 2 aliphatic heterocycles. The van der Waals surface area contributed by atoms with Gasteiger partial charge in [-0.1, -0.05) is 6.07 Å². The van der Waals surface area contributed by atoms with E-state index < -0.39 is 0 Å². The number of aromatic nitrogens is 3. The molecule has 5 rings (SSSR count). The first kappa shape index (κ1) is 18.2. The summed E-state index contributed by atoms with van der Waals surface area (Å²) >= 11 is 0. The zero-order valence-electron chi connectivity index (χ0n) is 16.7. The minimum Gasteiger partial charge on any atom is -0.490 e. The van der Waals surface area contributed by atoms with Crippen LogP contribution < -0.4 is 14.4 Å². The first-order chi connectivity index (χ1) is 14.3. The molecule has 2 aliphatic rings. The summed E-state index contributed by atoms with van der Waals surface area (Å²) in [4.78, 5) is 11.0. The molecule has 1 unspecified atom stereocenters. The van der Waals surface area contributed by atoms with E-state index in [2.05, 4.69) is 49.9 Å². The van der Waals surface area contributed by atoms with Crippen molar-refractivity contribution in [1.82, 2.24) is 14.5 Å². The first-order valence-electron chi connectivity index (χ1n) is 10.3. The highest BCUT2D eigenvalue weighted by atomic mass is 16.5. The standard InChI is InChI=1S/C22H26N4O3/c1-27-21-5-10-23-22(24-21)25-11-6-17(7-12-25)29-20-4-2-3-19-18(20)8-13-26(19)16-9-14-28-15-16/h2-5,8,10,13,16-17H,6-7,9,11-12,14-15H2,1H3. The zero-order chi connectivity index (χ0) is 19.6. The SMILES string of the molecule is COc1ccnc(N2CCC(Oc3cccc4c3ccn4C3CCOC3)CC2)n1. The molecule has 0 aliphatic carbocycles. The molecule has 1 aromatic carbocycles. The molecule has 3 aromatic rings. The molecule has 0 amide bonds. The van der Waals surface area contributed by atoms with Crippen molar-refractivity contribution >= 4 is 16.9 Å². The van der Waals surface area contributed by atoms with Crippen LogP contribution in [0.3, 0.4) is 0 Å². The lowest BCUT2D eigenvalue weighted by atomic mass is 10.1. The van der Waals surface area contributed by atoms with Crippen LogP contribution in [0, 0.1) is 0 Å². The lowest BCUT2D eigenvalue weighted by Crippen LogP contribution is -2.39. The molecule has 2 fully saturated rings. The Morgan fingerprint density at radius 3 is 2.79 bits per heavy atom. The molecule has 0 spiro atoms. The van der Waals surface area contributed by atoms with Gasteiger partial charge in [-0.3, -0.25) is 0 Å². The lowest BCUT2D eigenvalue weighted by molar-refractivity contribution is 0.172. The van der Waals surface area contributed by atoms with Gasteiger partial charge < -0.3 is 23.7 Å². The topological polar surface area (TPSA) is 61.6 Å². The Labute approximate surface area is 170 Å². The highest BCUT2D eigenvalue weighted by Crippen LogP contribution is 2.32. The van der Waals surface area contributed by atoms with Gasteiger partial charge in [-0.2, -0.15) is 4.98 Å². The lowest BCUT2D eigenvalue weighted by Gasteiger charge is -2.32. The van der Waals surface area contributed by atoms with Crippen molar-refractivity contribution in [3.05, 3.63) is 42.7 Å². The normalized spacial score (nSPS) is 20.3. The molecule has 4 heterocycles. The minimum atomic E-state index is 0.195. The van der Waals surface area contributed by atoms with E-state index in [1.54, 1.807) is 19.4 Å². The first-order valence-corrected chi connectivity index (χ1v) is 10.3. The van der Waals surface area contributed by atoms with Gasteiger partial charge in [-0.05, 0) is 24.6 Å². The molecule has 2 saturated heterocycles. The third kappa shape index (κ3) is 3.62. The summed E-state index contributed by atoms with van der Waals surface area (Å²) in [5.41, 5.74) is 1.22. The Balaban J connectivity index is 1.27. The van der Waals surface area contributed by atoms with Gasteiger partial charge in [0.25, 0.3) is 0 Å². The third-order valence-electron chi connectivity index (χ3n) is 5.87. The van der Waals surface area contributed by atoms with Crippen LogP contribution in [0.5, 0.6) is 11.6 Å². The number of nitrogens with zero attached hydrogens (tertiary/aromatic N) is 4. The minimum absolute atomic E-state index is 0.195. The van der Waals surface area contributed by atoms with Crippen molar-refractivity contribution in [3.8, 4) is 11.6 Å². The van der Waals surface area contributed by atoms with Crippen LogP contribution in [0.4, 0.5) is 5.95 Å². The second kappa shape index (κ2) is 7.91. The quantitative estimate of drug-likeness (QED) is 0.661. The molecule has 29 heavy (non-hydrogen) atoms. The van der Waals surface area contributed by atoms with E-state index in [0.717, 1.165) is 57.3 Å². The van der Waals surface area contributed by atoms with Gasteiger partial charge >= 0.3 is 0 Å². The van der Waals surface area contributed by atoms with Crippen LogP contribution in [-0.4, -0.2) is 54.1 Å². The van der Waals surface area contributed by atoms with Gasteiger partial charge in [0.1, 0.15) is 11.9 Å². The number of rotatable bonds is 5. The summed E-state index contributed by atoms with van der Waals surface area (Å²) < 4.78 is 19.5. The van der Waals surface area contributed by atoms with Gasteiger partial charge in [0.2, 0.25) is 11.8 Å². The van der Waals surface area contributed by atoms with E-state index in [0.29, 0.717) is 11.9 Å². The number of hydrogen-bond acceptors (Lipinski definition) is 6. The van der Waals surface area contributed by atoms with E-state index in [-0.39, 0.29) is 6.10 Å². The molecule has 1 atom stereocenters. The molecule has 0 radical (unpaired) electrons. The fourth-order valence-corrected chi connectivity index (χ4v) is 4.27. The van der Waals surface area contributed by atoms with Crippen LogP contribution in [0.2, 0.25) is 0 Å². The van der Waals surface area contributed by atoms with Crippen LogP contribution in [0.1, 0.15) is 25.3 Å². The Morgan fingerprint density at radius 2 is 2.00 bits per heavy atom. The van der Waals surface area contributed by atoms with Crippen LogP contribution >= 0.6 is 0 Å². The van der Waals surface area contributed by atoms with E-state index in [1.165, 1.54) is 10.9 Å². The second-order valence-corrected chi connectivity index (χ2v) is 7.63. The maximum Gasteiger partial charge on any atom is 0.228 e. The smallest absolute Gasteiger partial charge is 0.228 e. The molecule has 7 nitrogen and oxygen atoms in total. The number of hydrogen-bond donors (Lipinski definition) is 0. The molecule has 0 bridgehead atoms. The summed E-state index contributed by atoms with van der Waals surface area (Å²) in [6.45, 7) is 3.37. The van der Waals surface area contributed by atoms with Crippen molar-refractivity contribution in [3.63, 3.8) is 0 Å². The van der Waals surface area contributed by atoms with E-state index >= 15 is 0 Å². The average molecular weight is 394 g/mol. The van der Waals surface area contributed by atoms with Crippen LogP contribution in [0.25, 0.3) is 10.9 Å². The van der Waals surface area contributed by atoms with Gasteiger partial charge in [0, 0.05) is 56.4 Å². The van der Waals surface area contributed by atoms with Crippen molar-refractivity contribution in [1.29, 1.82) is 0 Å². The van der Waals surface area contributed by atoms with Crippen molar-refractivity contribution < 1.29 is 14.2 Å². The Morgan fingerprint density at radius 1 is 1.10 bits per heavy atom. The number of methoxy groups -OCH3 is 1. The Bertz CT molecular complexity index is 975. The highest BCUT2D eigenvalue weighted by molar-refractivity contribution is 5.86.